The zero-order valence-electron chi connectivity index (χ0n) is 20.6. The molecule has 0 bridgehead atoms. The summed E-state index contributed by atoms with van der Waals surface area (Å²) in [6, 6.07) is 10.8. The number of nitrogen functional groups attached to an aromatic ring is 1. The number of nitrogens with zero attached hydrogens (tertiary/aromatic N) is 4. The molecule has 0 aliphatic heterocycles. The highest BCUT2D eigenvalue weighted by molar-refractivity contribution is 5.98. The van der Waals surface area contributed by atoms with E-state index in [9.17, 15) is 22.4 Å². The van der Waals surface area contributed by atoms with E-state index in [1.165, 1.54) is 35.3 Å². The first-order valence-electron chi connectivity index (χ1n) is 11.8. The third-order valence-corrected chi connectivity index (χ3v) is 6.37. The molecule has 0 spiro atoms. The molecule has 12 heteroatoms. The summed E-state index contributed by atoms with van der Waals surface area (Å²) in [5.41, 5.74) is 6.05. The van der Waals surface area contributed by atoms with Gasteiger partial charge < -0.3 is 14.9 Å². The van der Waals surface area contributed by atoms with Crippen LogP contribution in [0.2, 0.25) is 0 Å². The van der Waals surface area contributed by atoms with Gasteiger partial charge in [0.05, 0.1) is 23.4 Å². The molecule has 0 radical (unpaired) electrons. The van der Waals surface area contributed by atoms with Crippen LogP contribution in [0, 0.1) is 23.3 Å². The summed E-state index contributed by atoms with van der Waals surface area (Å²) >= 11 is 0. The van der Waals surface area contributed by atoms with E-state index in [1.807, 2.05) is 0 Å². The number of fused-ring (bicyclic) bond motifs is 2. The molecular weight excluding hydrogens is 530 g/mol. The molecule has 40 heavy (non-hydrogen) atoms. The number of benzene rings is 3. The van der Waals surface area contributed by atoms with Crippen molar-refractivity contribution in [3.63, 3.8) is 0 Å². The van der Waals surface area contributed by atoms with Crippen molar-refractivity contribution in [1.82, 2.24) is 19.7 Å². The van der Waals surface area contributed by atoms with Crippen LogP contribution in [0.5, 0.6) is 5.75 Å². The monoisotopic (exact) mass is 547 g/mol. The van der Waals surface area contributed by atoms with Gasteiger partial charge in [-0.1, -0.05) is 12.1 Å². The Morgan fingerprint density at radius 3 is 2.42 bits per heavy atom. The Labute approximate surface area is 222 Å². The zero-order chi connectivity index (χ0) is 28.1. The van der Waals surface area contributed by atoms with Crippen LogP contribution in [0.4, 0.5) is 23.4 Å². The van der Waals surface area contributed by atoms with Crippen LogP contribution >= 0.6 is 0 Å². The second-order valence-electron chi connectivity index (χ2n) is 8.82. The van der Waals surface area contributed by atoms with Gasteiger partial charge in [-0.15, -0.1) is 0 Å². The third kappa shape index (κ3) is 4.10. The summed E-state index contributed by atoms with van der Waals surface area (Å²) in [5, 5.41) is 4.65. The number of halogens is 4. The average Bonchev–Trinajstić information content (AvgIpc) is 3.29. The van der Waals surface area contributed by atoms with E-state index in [0.717, 1.165) is 37.4 Å². The summed E-state index contributed by atoms with van der Waals surface area (Å²) in [7, 11) is 1.14. The molecule has 200 valence electrons. The maximum absolute atomic E-state index is 14.6. The molecule has 0 saturated heterocycles. The van der Waals surface area contributed by atoms with Gasteiger partial charge >= 0.3 is 0 Å². The number of methoxy groups -OCH3 is 1. The summed E-state index contributed by atoms with van der Waals surface area (Å²) in [6.07, 6.45) is 1.18. The predicted octanol–water partition coefficient (Wildman–Crippen LogP) is 5.46. The Bertz CT molecular complexity index is 2000. The molecule has 0 amide bonds. The lowest BCUT2D eigenvalue weighted by atomic mass is 10.0. The fourth-order valence-electron chi connectivity index (χ4n) is 4.63. The number of hydrogen-bond donors (Lipinski definition) is 1. The Balaban J connectivity index is 1.60. The highest BCUT2D eigenvalue weighted by atomic mass is 19.1. The minimum Gasteiger partial charge on any atom is -0.491 e. The lowest BCUT2D eigenvalue weighted by Crippen LogP contribution is -2.13. The van der Waals surface area contributed by atoms with E-state index in [4.69, 9.17) is 14.9 Å². The Kier molecular flexibility index (Phi) is 5.94. The van der Waals surface area contributed by atoms with Gasteiger partial charge in [0.2, 0.25) is 5.43 Å². The molecule has 2 N–H and O–H groups in total. The van der Waals surface area contributed by atoms with Crippen molar-refractivity contribution in [2.45, 2.75) is 6.54 Å². The highest BCUT2D eigenvalue weighted by Crippen LogP contribution is 2.35. The van der Waals surface area contributed by atoms with Gasteiger partial charge in [-0.25, -0.2) is 32.2 Å². The molecule has 3 aromatic heterocycles. The first kappa shape index (κ1) is 25.0. The van der Waals surface area contributed by atoms with Gasteiger partial charge in [-0.3, -0.25) is 4.79 Å². The highest BCUT2D eigenvalue weighted by Gasteiger charge is 2.23. The Morgan fingerprint density at radius 2 is 1.70 bits per heavy atom. The normalized spacial score (nSPS) is 11.4. The van der Waals surface area contributed by atoms with Gasteiger partial charge in [-0.2, -0.15) is 5.10 Å². The van der Waals surface area contributed by atoms with E-state index >= 15 is 0 Å². The molecule has 3 aromatic carbocycles. The smallest absolute Gasteiger partial charge is 0.200 e. The van der Waals surface area contributed by atoms with E-state index in [0.29, 0.717) is 0 Å². The molecule has 0 fully saturated rings. The average molecular weight is 547 g/mol. The minimum atomic E-state index is -0.961. The van der Waals surface area contributed by atoms with Crippen LogP contribution in [-0.2, 0) is 6.54 Å². The van der Waals surface area contributed by atoms with E-state index in [1.54, 1.807) is 0 Å². The van der Waals surface area contributed by atoms with E-state index in [2.05, 4.69) is 15.1 Å². The first-order chi connectivity index (χ1) is 19.2. The Morgan fingerprint density at radius 1 is 0.950 bits per heavy atom. The molecule has 0 aliphatic rings. The fourth-order valence-corrected chi connectivity index (χ4v) is 4.63. The number of nitrogens with two attached hydrogens (primary N) is 1. The maximum atomic E-state index is 14.6. The van der Waals surface area contributed by atoms with Crippen LogP contribution in [0.25, 0.3) is 44.4 Å². The number of hydrogen-bond acceptors (Lipinski definition) is 7. The van der Waals surface area contributed by atoms with Gasteiger partial charge in [0.15, 0.2) is 23.0 Å². The van der Waals surface area contributed by atoms with Crippen molar-refractivity contribution >= 4 is 27.8 Å². The number of rotatable bonds is 5. The summed E-state index contributed by atoms with van der Waals surface area (Å²) < 4.78 is 69.4. The van der Waals surface area contributed by atoms with Crippen LogP contribution in [0.15, 0.2) is 70.1 Å². The molecule has 8 nitrogen and oxygen atoms in total. The predicted molar refractivity (Wildman–Crippen MR) is 139 cm³/mol. The standard InChI is InChI=1S/C28H17F4N5O3/c1-39-26-18(31)8-14(9-19(26)32)24-23-27(33)34-12-35-28(23)37(36-24)11-21-22(13-3-2-4-15(29)7-13)25(38)17-10-16(30)5-6-20(17)40-21/h2-10,12H,11H2,1H3,(H2,33,34,35). The van der Waals surface area contributed by atoms with Crippen LogP contribution in [0.1, 0.15) is 5.76 Å². The van der Waals surface area contributed by atoms with Gasteiger partial charge in [0.25, 0.3) is 0 Å². The SMILES string of the molecule is COc1c(F)cc(-c2nn(Cc3oc4ccc(F)cc4c(=O)c3-c3cccc(F)c3)c3ncnc(N)c23)cc1F. The topological polar surface area (TPSA) is 109 Å². The van der Waals surface area contributed by atoms with E-state index < -0.39 is 34.4 Å². The third-order valence-electron chi connectivity index (χ3n) is 6.37. The summed E-state index contributed by atoms with van der Waals surface area (Å²) in [5.74, 6) is -3.69. The second kappa shape index (κ2) is 9.49. The molecular formula is C28H17F4N5O3. The molecule has 0 saturated carbocycles. The molecule has 6 aromatic rings. The van der Waals surface area contributed by atoms with Crippen molar-refractivity contribution in [3.8, 4) is 28.1 Å². The fraction of sp³-hybridized carbons (Fsp3) is 0.0714. The van der Waals surface area contributed by atoms with Gasteiger partial charge in [0.1, 0.15) is 47.4 Å². The maximum Gasteiger partial charge on any atom is 0.200 e. The lowest BCUT2D eigenvalue weighted by molar-refractivity contribution is 0.360. The number of anilines is 1. The molecule has 3 heterocycles. The largest absolute Gasteiger partial charge is 0.491 e. The van der Waals surface area contributed by atoms with Gasteiger partial charge in [-0.05, 0) is 48.0 Å². The number of aromatic nitrogens is 4. The second-order valence-corrected chi connectivity index (χ2v) is 8.82. The molecule has 6 rings (SSSR count). The quantitative estimate of drug-likeness (QED) is 0.286. The molecule has 0 aliphatic carbocycles. The van der Waals surface area contributed by atoms with Crippen LogP contribution in [-0.4, -0.2) is 26.9 Å². The van der Waals surface area contributed by atoms with Crippen molar-refractivity contribution in [3.05, 3.63) is 100 Å². The molecule has 0 atom stereocenters. The Hall–Kier alpha value is -5.26. The van der Waals surface area contributed by atoms with Crippen molar-refractivity contribution < 1.29 is 26.7 Å². The van der Waals surface area contributed by atoms with Crippen molar-refractivity contribution in [2.75, 3.05) is 12.8 Å². The molecule has 0 unspecified atom stereocenters. The van der Waals surface area contributed by atoms with Crippen LogP contribution in [0.3, 0.4) is 0 Å². The number of ether oxygens (including phenoxy) is 1. The minimum absolute atomic E-state index is 0.0105. The lowest BCUT2D eigenvalue weighted by Gasteiger charge is -2.11. The van der Waals surface area contributed by atoms with Crippen molar-refractivity contribution in [1.29, 1.82) is 0 Å². The van der Waals surface area contributed by atoms with Crippen LogP contribution < -0.4 is 15.9 Å². The van der Waals surface area contributed by atoms with Gasteiger partial charge in [0, 0.05) is 5.56 Å². The van der Waals surface area contributed by atoms with E-state index in [-0.39, 0.29) is 62.5 Å². The summed E-state index contributed by atoms with van der Waals surface area (Å²) in [4.78, 5) is 21.8. The van der Waals surface area contributed by atoms with Crippen molar-refractivity contribution in [2.24, 2.45) is 0 Å². The zero-order valence-corrected chi connectivity index (χ0v) is 20.6. The summed E-state index contributed by atoms with van der Waals surface area (Å²) in [6.45, 7) is -0.234. The first-order valence-corrected chi connectivity index (χ1v) is 11.8.